The first-order valence-electron chi connectivity index (χ1n) is 7.62. The van der Waals surface area contributed by atoms with Gasteiger partial charge in [-0.15, -0.1) is 0 Å². The molecular weight excluding hydrogens is 330 g/mol. The van der Waals surface area contributed by atoms with E-state index in [1.54, 1.807) is 29.8 Å². The number of carbonyl (C=O) groups is 1. The van der Waals surface area contributed by atoms with Crippen LogP contribution in [0.2, 0.25) is 0 Å². The molecule has 0 unspecified atom stereocenters. The van der Waals surface area contributed by atoms with Crippen molar-refractivity contribution in [3.05, 3.63) is 42.1 Å². The van der Waals surface area contributed by atoms with Gasteiger partial charge in [-0.05, 0) is 25.0 Å². The number of hydrogen-bond acceptors (Lipinski definition) is 5. The van der Waals surface area contributed by atoms with Crippen LogP contribution in [0.1, 0.15) is 35.1 Å². The van der Waals surface area contributed by atoms with E-state index in [2.05, 4.69) is 15.3 Å². The van der Waals surface area contributed by atoms with Gasteiger partial charge in [-0.2, -0.15) is 4.31 Å². The topological polar surface area (TPSA) is 97.2 Å². The van der Waals surface area contributed by atoms with Crippen LogP contribution in [0.4, 0.5) is 0 Å². The third kappa shape index (κ3) is 2.92. The number of carbonyl (C=O) groups excluding carboxylic acids is 1. The lowest BCUT2D eigenvalue weighted by Gasteiger charge is -2.22. The van der Waals surface area contributed by atoms with Gasteiger partial charge >= 0.3 is 0 Å². The van der Waals surface area contributed by atoms with Gasteiger partial charge in [0.15, 0.2) is 5.03 Å². The monoisotopic (exact) mass is 349 g/mol. The van der Waals surface area contributed by atoms with Gasteiger partial charge in [0.05, 0.1) is 18.1 Å². The second-order valence-corrected chi connectivity index (χ2v) is 7.52. The molecule has 2 aromatic rings. The molecule has 1 fully saturated rings. The van der Waals surface area contributed by atoms with E-state index in [0.29, 0.717) is 18.7 Å². The Morgan fingerprint density at radius 3 is 2.83 bits per heavy atom. The van der Waals surface area contributed by atoms with E-state index in [-0.39, 0.29) is 22.7 Å². The van der Waals surface area contributed by atoms with Crippen molar-refractivity contribution in [2.45, 2.75) is 23.9 Å². The summed E-state index contributed by atoms with van der Waals surface area (Å²) < 4.78 is 28.7. The molecule has 0 radical (unpaired) electrons. The zero-order chi connectivity index (χ0) is 17.3. The smallest absolute Gasteiger partial charge is 0.269 e. The van der Waals surface area contributed by atoms with Crippen molar-refractivity contribution >= 4 is 15.9 Å². The van der Waals surface area contributed by atoms with Crippen LogP contribution in [0.3, 0.4) is 0 Å². The Morgan fingerprint density at radius 1 is 1.38 bits per heavy atom. The quantitative estimate of drug-likeness (QED) is 0.876. The summed E-state index contributed by atoms with van der Waals surface area (Å²) in [5.41, 5.74) is 0.852. The van der Waals surface area contributed by atoms with Crippen molar-refractivity contribution in [2.24, 2.45) is 7.05 Å². The molecule has 3 heterocycles. The van der Waals surface area contributed by atoms with Crippen molar-refractivity contribution < 1.29 is 13.2 Å². The van der Waals surface area contributed by atoms with Crippen molar-refractivity contribution in [1.82, 2.24) is 24.2 Å². The molecule has 0 aromatic carbocycles. The Bertz CT molecular complexity index is 861. The third-order valence-electron chi connectivity index (χ3n) is 4.03. The number of nitrogens with one attached hydrogen (secondary N) is 1. The Hall–Kier alpha value is -2.26. The summed E-state index contributed by atoms with van der Waals surface area (Å²) in [7, 11) is -0.437. The number of aryl methyl sites for hydroxylation is 1. The molecule has 1 amide bonds. The molecular formula is C15H19N5O3S. The Morgan fingerprint density at radius 2 is 2.17 bits per heavy atom. The van der Waals surface area contributed by atoms with Crippen LogP contribution in [0.5, 0.6) is 0 Å². The van der Waals surface area contributed by atoms with Crippen molar-refractivity contribution in [2.75, 3.05) is 13.6 Å². The van der Waals surface area contributed by atoms with Gasteiger partial charge in [0, 0.05) is 26.8 Å². The highest BCUT2D eigenvalue weighted by atomic mass is 32.2. The molecule has 24 heavy (non-hydrogen) atoms. The Kier molecular flexibility index (Phi) is 4.37. The molecule has 0 spiro atoms. The molecule has 128 valence electrons. The van der Waals surface area contributed by atoms with Crippen molar-refractivity contribution in [1.29, 1.82) is 0 Å². The fraction of sp³-hybridized carbons (Fsp3) is 0.400. The van der Waals surface area contributed by atoms with Gasteiger partial charge in [-0.1, -0.05) is 6.07 Å². The fourth-order valence-corrected chi connectivity index (χ4v) is 4.50. The molecule has 0 aliphatic carbocycles. The molecule has 9 heteroatoms. The predicted molar refractivity (Wildman–Crippen MR) is 86.7 cm³/mol. The van der Waals surface area contributed by atoms with Gasteiger partial charge < -0.3 is 9.88 Å². The summed E-state index contributed by atoms with van der Waals surface area (Å²) in [5, 5.41) is 2.55. The predicted octanol–water partition coefficient (Wildman–Crippen LogP) is 0.700. The second kappa shape index (κ2) is 6.33. The maximum atomic E-state index is 12.8. The second-order valence-electron chi connectivity index (χ2n) is 5.68. The average molecular weight is 349 g/mol. The normalized spacial score (nSPS) is 18.7. The maximum absolute atomic E-state index is 12.8. The highest BCUT2D eigenvalue weighted by Gasteiger charge is 2.38. The standard InChI is InChI=1S/C15H19N5O3S/c1-16-15(21)12-6-3-5-11(18-12)13-7-4-8-20(13)24(22,23)14-9-19(2)10-17-14/h3,5-6,9-10,13H,4,7-8H2,1-2H3,(H,16,21)/t13-/m0/s1. The summed E-state index contributed by atoms with van der Waals surface area (Å²) in [6.45, 7) is 0.412. The zero-order valence-electron chi connectivity index (χ0n) is 13.5. The SMILES string of the molecule is CNC(=O)c1cccc([C@@H]2CCCN2S(=O)(=O)c2cn(C)cn2)n1. The third-order valence-corrected chi connectivity index (χ3v) is 5.82. The van der Waals surface area contributed by atoms with Crippen LogP contribution in [0, 0.1) is 0 Å². The number of pyridine rings is 1. The molecule has 0 bridgehead atoms. The Balaban J connectivity index is 1.95. The van der Waals surface area contributed by atoms with Crippen LogP contribution in [-0.2, 0) is 17.1 Å². The van der Waals surface area contributed by atoms with Crippen LogP contribution < -0.4 is 5.32 Å². The Labute approximate surface area is 140 Å². The van der Waals surface area contributed by atoms with E-state index in [0.717, 1.165) is 6.42 Å². The maximum Gasteiger partial charge on any atom is 0.269 e. The van der Waals surface area contributed by atoms with Crippen molar-refractivity contribution in [3.8, 4) is 0 Å². The number of nitrogens with zero attached hydrogens (tertiary/aromatic N) is 4. The number of rotatable bonds is 4. The first-order chi connectivity index (χ1) is 11.4. The average Bonchev–Trinajstić information content (AvgIpc) is 3.23. The van der Waals surface area contributed by atoms with E-state index < -0.39 is 10.0 Å². The highest BCUT2D eigenvalue weighted by Crippen LogP contribution is 2.35. The highest BCUT2D eigenvalue weighted by molar-refractivity contribution is 7.89. The first kappa shape index (κ1) is 16.6. The van der Waals surface area contributed by atoms with Crippen LogP contribution in [0.25, 0.3) is 0 Å². The molecule has 1 aliphatic heterocycles. The van der Waals surface area contributed by atoms with Crippen LogP contribution >= 0.6 is 0 Å². The molecule has 0 saturated carbocycles. The van der Waals surface area contributed by atoms with Crippen LogP contribution in [-0.4, -0.2) is 46.8 Å². The summed E-state index contributed by atoms with van der Waals surface area (Å²) >= 11 is 0. The van der Waals surface area contributed by atoms with Gasteiger partial charge in [0.25, 0.3) is 15.9 Å². The van der Waals surface area contributed by atoms with E-state index >= 15 is 0 Å². The van der Waals surface area contributed by atoms with Crippen LogP contribution in [0.15, 0.2) is 35.7 Å². The summed E-state index contributed by atoms with van der Waals surface area (Å²) in [5.74, 6) is -0.297. The lowest BCUT2D eigenvalue weighted by Crippen LogP contribution is -2.31. The number of hydrogen-bond donors (Lipinski definition) is 1. The van der Waals surface area contributed by atoms with Gasteiger partial charge in [-0.3, -0.25) is 4.79 Å². The van der Waals surface area contributed by atoms with E-state index in [1.165, 1.54) is 23.9 Å². The summed E-state index contributed by atoms with van der Waals surface area (Å²) in [4.78, 5) is 20.1. The van der Waals surface area contributed by atoms with E-state index in [1.807, 2.05) is 0 Å². The number of imidazole rings is 1. The van der Waals surface area contributed by atoms with Crippen molar-refractivity contribution in [3.63, 3.8) is 0 Å². The molecule has 2 aromatic heterocycles. The molecule has 3 rings (SSSR count). The number of aromatic nitrogens is 3. The van der Waals surface area contributed by atoms with Gasteiger partial charge in [0.1, 0.15) is 5.69 Å². The summed E-state index contributed by atoms with van der Waals surface area (Å²) in [6, 6.07) is 4.69. The number of sulfonamides is 1. The lowest BCUT2D eigenvalue weighted by molar-refractivity contribution is 0.0957. The molecule has 1 N–H and O–H groups in total. The van der Waals surface area contributed by atoms with Gasteiger partial charge in [-0.25, -0.2) is 18.4 Å². The fourth-order valence-electron chi connectivity index (χ4n) is 2.86. The van der Waals surface area contributed by atoms with E-state index in [9.17, 15) is 13.2 Å². The first-order valence-corrected chi connectivity index (χ1v) is 9.06. The van der Waals surface area contributed by atoms with Gasteiger partial charge in [0.2, 0.25) is 0 Å². The minimum Gasteiger partial charge on any atom is -0.354 e. The molecule has 1 atom stereocenters. The number of amides is 1. The lowest BCUT2D eigenvalue weighted by atomic mass is 10.1. The minimum absolute atomic E-state index is 0.0272. The summed E-state index contributed by atoms with van der Waals surface area (Å²) in [6.07, 6.45) is 4.35. The minimum atomic E-state index is -3.69. The zero-order valence-corrected chi connectivity index (χ0v) is 14.3. The largest absolute Gasteiger partial charge is 0.354 e. The van der Waals surface area contributed by atoms with E-state index in [4.69, 9.17) is 0 Å². The molecule has 1 aliphatic rings. The molecule has 1 saturated heterocycles. The molecule has 8 nitrogen and oxygen atoms in total.